The van der Waals surface area contributed by atoms with Gasteiger partial charge in [-0.15, -0.1) is 0 Å². The van der Waals surface area contributed by atoms with Crippen LogP contribution in [-0.4, -0.2) is 44.7 Å². The van der Waals surface area contributed by atoms with E-state index >= 15 is 0 Å². The predicted octanol–water partition coefficient (Wildman–Crippen LogP) is 1.85. The van der Waals surface area contributed by atoms with Crippen LogP contribution >= 0.6 is 0 Å². The molecule has 0 fully saturated rings. The molecule has 0 aliphatic rings. The Morgan fingerprint density at radius 3 is 2.90 bits per heavy atom. The van der Waals surface area contributed by atoms with Crippen LogP contribution in [0.25, 0.3) is 0 Å². The highest BCUT2D eigenvalue weighted by molar-refractivity contribution is 5.39. The fourth-order valence-electron chi connectivity index (χ4n) is 1.58. The fourth-order valence-corrected chi connectivity index (χ4v) is 1.58. The van der Waals surface area contributed by atoms with Crippen molar-refractivity contribution in [1.82, 2.24) is 0 Å². The Morgan fingerprint density at radius 1 is 1.30 bits per heavy atom. The van der Waals surface area contributed by atoms with Gasteiger partial charge in [0.15, 0.2) is 0 Å². The molecule has 0 radical (unpaired) electrons. The van der Waals surface area contributed by atoms with E-state index in [0.717, 1.165) is 11.3 Å². The first-order valence-electron chi connectivity index (χ1n) is 6.69. The van der Waals surface area contributed by atoms with Crippen LogP contribution in [0, 0.1) is 11.8 Å². The second-order valence-corrected chi connectivity index (χ2v) is 4.29. The molecule has 4 heteroatoms. The van der Waals surface area contributed by atoms with Gasteiger partial charge in [-0.25, -0.2) is 0 Å². The van der Waals surface area contributed by atoms with Crippen LogP contribution in [0.4, 0.5) is 0 Å². The summed E-state index contributed by atoms with van der Waals surface area (Å²) in [5.41, 5.74) is 0.879. The minimum Gasteiger partial charge on any atom is -0.491 e. The Bertz CT molecular complexity index is 434. The quantitative estimate of drug-likeness (QED) is 0.582. The first kappa shape index (κ1) is 16.5. The van der Waals surface area contributed by atoms with Crippen molar-refractivity contribution < 1.29 is 19.3 Å². The van der Waals surface area contributed by atoms with Gasteiger partial charge in [0.1, 0.15) is 12.4 Å². The molecule has 110 valence electrons. The molecule has 0 saturated carbocycles. The number of aliphatic hydroxyl groups excluding tert-OH is 1. The molecule has 1 unspecified atom stereocenters. The van der Waals surface area contributed by atoms with Crippen molar-refractivity contribution in [3.63, 3.8) is 0 Å². The zero-order valence-electron chi connectivity index (χ0n) is 12.1. The van der Waals surface area contributed by atoms with E-state index in [-0.39, 0.29) is 12.7 Å². The Labute approximate surface area is 120 Å². The number of hydrogen-bond donors (Lipinski definition) is 1. The molecular formula is C16H22O4. The highest BCUT2D eigenvalue weighted by atomic mass is 16.5. The van der Waals surface area contributed by atoms with Crippen LogP contribution in [0.1, 0.15) is 18.9 Å². The average Bonchev–Trinajstić information content (AvgIpc) is 2.45. The monoisotopic (exact) mass is 278 g/mol. The number of benzene rings is 1. The molecule has 20 heavy (non-hydrogen) atoms. The number of ether oxygens (including phenoxy) is 3. The molecule has 0 heterocycles. The summed E-state index contributed by atoms with van der Waals surface area (Å²) in [4.78, 5) is 0. The van der Waals surface area contributed by atoms with E-state index in [2.05, 4.69) is 11.8 Å². The SMILES string of the molecule is COCC(C)OCCOc1cccc(C#CCCO)c1. The maximum Gasteiger partial charge on any atom is 0.120 e. The third kappa shape index (κ3) is 7.15. The topological polar surface area (TPSA) is 47.9 Å². The molecule has 1 aromatic carbocycles. The minimum absolute atomic E-state index is 0.0688. The van der Waals surface area contributed by atoms with Crippen LogP contribution in [0.3, 0.4) is 0 Å². The van der Waals surface area contributed by atoms with Crippen LogP contribution in [0.2, 0.25) is 0 Å². The zero-order chi connectivity index (χ0) is 14.6. The molecule has 1 aromatic rings. The summed E-state index contributed by atoms with van der Waals surface area (Å²) in [5.74, 6) is 6.62. The van der Waals surface area contributed by atoms with Gasteiger partial charge >= 0.3 is 0 Å². The highest BCUT2D eigenvalue weighted by Gasteiger charge is 2.01. The third-order valence-corrected chi connectivity index (χ3v) is 2.46. The van der Waals surface area contributed by atoms with Gasteiger partial charge in [-0.1, -0.05) is 17.9 Å². The van der Waals surface area contributed by atoms with Gasteiger partial charge in [0.25, 0.3) is 0 Å². The normalized spacial score (nSPS) is 11.6. The molecule has 0 bridgehead atoms. The highest BCUT2D eigenvalue weighted by Crippen LogP contribution is 2.12. The average molecular weight is 278 g/mol. The van der Waals surface area contributed by atoms with Crippen LogP contribution in [0.5, 0.6) is 5.75 Å². The van der Waals surface area contributed by atoms with E-state index in [4.69, 9.17) is 19.3 Å². The van der Waals surface area contributed by atoms with E-state index < -0.39 is 0 Å². The van der Waals surface area contributed by atoms with Gasteiger partial charge < -0.3 is 19.3 Å². The lowest BCUT2D eigenvalue weighted by molar-refractivity contribution is -0.00214. The Hall–Kier alpha value is -1.54. The van der Waals surface area contributed by atoms with Gasteiger partial charge in [0.2, 0.25) is 0 Å². The molecule has 1 rings (SSSR count). The Morgan fingerprint density at radius 2 is 2.15 bits per heavy atom. The van der Waals surface area contributed by atoms with Gasteiger partial charge in [-0.3, -0.25) is 0 Å². The van der Waals surface area contributed by atoms with Crippen molar-refractivity contribution >= 4 is 0 Å². The Balaban J connectivity index is 2.34. The Kier molecular flexibility index (Phi) is 8.48. The molecule has 0 aliphatic heterocycles. The zero-order valence-corrected chi connectivity index (χ0v) is 12.1. The van der Waals surface area contributed by atoms with Gasteiger partial charge in [-0.2, -0.15) is 0 Å². The smallest absolute Gasteiger partial charge is 0.120 e. The largest absolute Gasteiger partial charge is 0.491 e. The lowest BCUT2D eigenvalue weighted by Crippen LogP contribution is -2.18. The summed E-state index contributed by atoms with van der Waals surface area (Å²) in [6.45, 7) is 3.63. The van der Waals surface area contributed by atoms with Gasteiger partial charge in [0, 0.05) is 19.1 Å². The van der Waals surface area contributed by atoms with E-state index in [9.17, 15) is 0 Å². The first-order chi connectivity index (χ1) is 9.76. The van der Waals surface area contributed by atoms with Crippen molar-refractivity contribution in [2.45, 2.75) is 19.4 Å². The van der Waals surface area contributed by atoms with Gasteiger partial charge in [-0.05, 0) is 25.1 Å². The maximum atomic E-state index is 8.68. The molecule has 0 aliphatic carbocycles. The predicted molar refractivity (Wildman–Crippen MR) is 77.8 cm³/mol. The van der Waals surface area contributed by atoms with Crippen LogP contribution in [0.15, 0.2) is 24.3 Å². The van der Waals surface area contributed by atoms with Crippen molar-refractivity contribution in [2.24, 2.45) is 0 Å². The first-order valence-corrected chi connectivity index (χ1v) is 6.69. The van der Waals surface area contributed by atoms with E-state index in [1.807, 2.05) is 31.2 Å². The van der Waals surface area contributed by atoms with E-state index in [0.29, 0.717) is 26.2 Å². The molecule has 1 atom stereocenters. The molecule has 0 spiro atoms. The second kappa shape index (κ2) is 10.3. The summed E-state index contributed by atoms with van der Waals surface area (Å²) < 4.78 is 16.1. The summed E-state index contributed by atoms with van der Waals surface area (Å²) in [6.07, 6.45) is 0.551. The summed E-state index contributed by atoms with van der Waals surface area (Å²) in [7, 11) is 1.65. The van der Waals surface area contributed by atoms with E-state index in [1.54, 1.807) is 7.11 Å². The number of rotatable bonds is 8. The van der Waals surface area contributed by atoms with Crippen LogP contribution in [-0.2, 0) is 9.47 Å². The molecule has 0 aromatic heterocycles. The van der Waals surface area contributed by atoms with Crippen molar-refractivity contribution in [3.8, 4) is 17.6 Å². The van der Waals surface area contributed by atoms with Crippen molar-refractivity contribution in [3.05, 3.63) is 29.8 Å². The molecule has 4 nitrogen and oxygen atoms in total. The van der Waals surface area contributed by atoms with E-state index in [1.165, 1.54) is 0 Å². The number of hydrogen-bond acceptors (Lipinski definition) is 4. The molecule has 0 saturated heterocycles. The summed E-state index contributed by atoms with van der Waals surface area (Å²) in [6, 6.07) is 7.57. The second-order valence-electron chi connectivity index (χ2n) is 4.29. The van der Waals surface area contributed by atoms with Crippen molar-refractivity contribution in [1.29, 1.82) is 0 Å². The van der Waals surface area contributed by atoms with Crippen molar-refractivity contribution in [2.75, 3.05) is 33.5 Å². The standard InChI is InChI=1S/C16H22O4/c1-14(13-18-2)19-10-11-20-16-8-5-7-15(12-16)6-3-4-9-17/h5,7-8,12,14,17H,4,9-11,13H2,1-2H3. The summed E-state index contributed by atoms with van der Waals surface area (Å²) in [5, 5.41) is 8.68. The molecule has 0 amide bonds. The fraction of sp³-hybridized carbons (Fsp3) is 0.500. The molecule has 1 N–H and O–H groups in total. The maximum absolute atomic E-state index is 8.68. The number of aliphatic hydroxyl groups is 1. The lowest BCUT2D eigenvalue weighted by atomic mass is 10.2. The number of methoxy groups -OCH3 is 1. The lowest BCUT2D eigenvalue weighted by Gasteiger charge is -2.12. The van der Waals surface area contributed by atoms with Gasteiger partial charge in [0.05, 0.1) is 25.9 Å². The molecular weight excluding hydrogens is 256 g/mol. The minimum atomic E-state index is 0.0688. The van der Waals surface area contributed by atoms with Crippen LogP contribution < -0.4 is 4.74 Å². The third-order valence-electron chi connectivity index (χ3n) is 2.46. The summed E-state index contributed by atoms with van der Waals surface area (Å²) >= 11 is 0.